The molecule has 0 fully saturated rings. The number of aryl methyl sites for hydroxylation is 2. The number of rotatable bonds is 0. The standard InChI is InChI=1S/C8H8N2S.C2H6/c1-5-6(2)10-8-7(9-5)3-4-11-8;1-2/h3-4H,1-2H3;1-2H3. The number of hydrogen-bond donors (Lipinski definition) is 0. The van der Waals surface area contributed by atoms with Crippen LogP contribution >= 0.6 is 11.3 Å². The van der Waals surface area contributed by atoms with Gasteiger partial charge in [-0.1, -0.05) is 13.8 Å². The molecular weight excluding hydrogens is 180 g/mol. The van der Waals surface area contributed by atoms with Crippen LogP contribution < -0.4 is 0 Å². The highest BCUT2D eigenvalue weighted by Gasteiger charge is 2.00. The Morgan fingerprint density at radius 3 is 2.38 bits per heavy atom. The topological polar surface area (TPSA) is 25.8 Å². The first kappa shape index (κ1) is 10.1. The maximum Gasteiger partial charge on any atom is 0.142 e. The van der Waals surface area contributed by atoms with Crippen LogP contribution in [0.4, 0.5) is 0 Å². The minimum atomic E-state index is 1.01. The molecular formula is C10H14N2S. The summed E-state index contributed by atoms with van der Waals surface area (Å²) in [6.07, 6.45) is 0. The van der Waals surface area contributed by atoms with Crippen molar-refractivity contribution in [1.29, 1.82) is 0 Å². The van der Waals surface area contributed by atoms with Gasteiger partial charge in [0, 0.05) is 0 Å². The average Bonchev–Trinajstić information content (AvgIpc) is 2.56. The predicted octanol–water partition coefficient (Wildman–Crippen LogP) is 3.33. The van der Waals surface area contributed by atoms with Gasteiger partial charge in [0.15, 0.2) is 0 Å². The molecule has 2 heterocycles. The van der Waals surface area contributed by atoms with Gasteiger partial charge < -0.3 is 0 Å². The van der Waals surface area contributed by atoms with E-state index in [0.717, 1.165) is 21.7 Å². The highest BCUT2D eigenvalue weighted by Crippen LogP contribution is 2.17. The summed E-state index contributed by atoms with van der Waals surface area (Å²) >= 11 is 1.64. The molecule has 2 rings (SSSR count). The lowest BCUT2D eigenvalue weighted by Crippen LogP contribution is -1.89. The van der Waals surface area contributed by atoms with E-state index in [-0.39, 0.29) is 0 Å². The van der Waals surface area contributed by atoms with Crippen molar-refractivity contribution in [3.63, 3.8) is 0 Å². The average molecular weight is 194 g/mol. The highest BCUT2D eigenvalue weighted by molar-refractivity contribution is 7.16. The molecule has 2 nitrogen and oxygen atoms in total. The lowest BCUT2D eigenvalue weighted by atomic mass is 10.3. The summed E-state index contributed by atoms with van der Waals surface area (Å²) in [7, 11) is 0. The van der Waals surface area contributed by atoms with Crippen molar-refractivity contribution < 1.29 is 0 Å². The molecule has 0 N–H and O–H groups in total. The third-order valence-corrected chi connectivity index (χ3v) is 2.50. The quantitative estimate of drug-likeness (QED) is 0.643. The van der Waals surface area contributed by atoms with Gasteiger partial charge in [0.25, 0.3) is 0 Å². The second-order valence-corrected chi connectivity index (χ2v) is 3.40. The SMILES string of the molecule is CC.Cc1nc2ccsc2nc1C. The molecule has 2 aromatic heterocycles. The molecule has 0 aliphatic carbocycles. The van der Waals surface area contributed by atoms with Crippen molar-refractivity contribution in [2.75, 3.05) is 0 Å². The predicted molar refractivity (Wildman–Crippen MR) is 58.2 cm³/mol. The number of thiophene rings is 1. The molecule has 0 saturated carbocycles. The molecule has 70 valence electrons. The van der Waals surface area contributed by atoms with E-state index in [4.69, 9.17) is 0 Å². The van der Waals surface area contributed by atoms with Gasteiger partial charge >= 0.3 is 0 Å². The fourth-order valence-electron chi connectivity index (χ4n) is 0.958. The monoisotopic (exact) mass is 194 g/mol. The third kappa shape index (κ3) is 2.04. The molecule has 0 bridgehead atoms. The van der Waals surface area contributed by atoms with Gasteiger partial charge in [0.05, 0.1) is 11.4 Å². The normalized spacial score (nSPS) is 9.54. The summed E-state index contributed by atoms with van der Waals surface area (Å²) in [6.45, 7) is 7.97. The second kappa shape index (κ2) is 4.33. The summed E-state index contributed by atoms with van der Waals surface area (Å²) in [4.78, 5) is 9.81. The van der Waals surface area contributed by atoms with Crippen molar-refractivity contribution in [3.05, 3.63) is 22.8 Å². The number of hydrogen-bond acceptors (Lipinski definition) is 3. The second-order valence-electron chi connectivity index (χ2n) is 2.51. The Hall–Kier alpha value is -0.960. The Bertz CT molecular complexity index is 357. The first-order valence-corrected chi connectivity index (χ1v) is 5.34. The van der Waals surface area contributed by atoms with Crippen molar-refractivity contribution in [2.45, 2.75) is 27.7 Å². The summed E-state index contributed by atoms with van der Waals surface area (Å²) in [5.41, 5.74) is 3.06. The molecule has 0 atom stereocenters. The lowest BCUT2D eigenvalue weighted by Gasteiger charge is -1.95. The minimum absolute atomic E-state index is 1.01. The Morgan fingerprint density at radius 1 is 1.08 bits per heavy atom. The van der Waals surface area contributed by atoms with E-state index in [1.807, 2.05) is 39.1 Å². The van der Waals surface area contributed by atoms with Crippen LogP contribution in [0.1, 0.15) is 25.2 Å². The minimum Gasteiger partial charge on any atom is -0.249 e. The Kier molecular flexibility index (Phi) is 3.37. The van der Waals surface area contributed by atoms with Crippen LogP contribution in [0, 0.1) is 13.8 Å². The smallest absolute Gasteiger partial charge is 0.142 e. The first-order chi connectivity index (χ1) is 6.27. The van der Waals surface area contributed by atoms with Gasteiger partial charge in [0.2, 0.25) is 0 Å². The van der Waals surface area contributed by atoms with Crippen LogP contribution in [0.15, 0.2) is 11.4 Å². The summed E-state index contributed by atoms with van der Waals surface area (Å²) in [5.74, 6) is 0. The zero-order valence-electron chi connectivity index (χ0n) is 8.46. The fraction of sp³-hybridized carbons (Fsp3) is 0.400. The van der Waals surface area contributed by atoms with Crippen LogP contribution in [0.5, 0.6) is 0 Å². The molecule has 0 saturated heterocycles. The molecule has 0 radical (unpaired) electrons. The molecule has 13 heavy (non-hydrogen) atoms. The van der Waals surface area contributed by atoms with Gasteiger partial charge in [-0.3, -0.25) is 0 Å². The fourth-order valence-corrected chi connectivity index (χ4v) is 1.71. The number of nitrogens with zero attached hydrogens (tertiary/aromatic N) is 2. The van der Waals surface area contributed by atoms with E-state index in [0.29, 0.717) is 0 Å². The maximum absolute atomic E-state index is 4.39. The Labute approximate surface area is 82.7 Å². The first-order valence-electron chi connectivity index (χ1n) is 4.46. The summed E-state index contributed by atoms with van der Waals surface area (Å²) in [6, 6.07) is 2.00. The highest BCUT2D eigenvalue weighted by atomic mass is 32.1. The van der Waals surface area contributed by atoms with Gasteiger partial charge in [-0.15, -0.1) is 11.3 Å². The molecule has 0 unspecified atom stereocenters. The zero-order valence-corrected chi connectivity index (χ0v) is 9.27. The molecule has 0 amide bonds. The Balaban J connectivity index is 0.000000396. The third-order valence-electron chi connectivity index (χ3n) is 1.71. The lowest BCUT2D eigenvalue weighted by molar-refractivity contribution is 1.11. The maximum atomic E-state index is 4.39. The molecule has 3 heteroatoms. The van der Waals surface area contributed by atoms with Crippen molar-refractivity contribution in [3.8, 4) is 0 Å². The van der Waals surface area contributed by atoms with E-state index in [9.17, 15) is 0 Å². The van der Waals surface area contributed by atoms with E-state index in [2.05, 4.69) is 9.97 Å². The van der Waals surface area contributed by atoms with Crippen molar-refractivity contribution in [2.24, 2.45) is 0 Å². The van der Waals surface area contributed by atoms with E-state index >= 15 is 0 Å². The van der Waals surface area contributed by atoms with Crippen LogP contribution in [0.2, 0.25) is 0 Å². The summed E-state index contributed by atoms with van der Waals surface area (Å²) < 4.78 is 0. The number of aromatic nitrogens is 2. The van der Waals surface area contributed by atoms with Gasteiger partial charge in [-0.25, -0.2) is 9.97 Å². The van der Waals surface area contributed by atoms with Crippen LogP contribution in [-0.4, -0.2) is 9.97 Å². The number of fused-ring (bicyclic) bond motifs is 1. The molecule has 2 aromatic rings. The summed E-state index contributed by atoms with van der Waals surface area (Å²) in [5, 5.41) is 2.02. The van der Waals surface area contributed by atoms with E-state index < -0.39 is 0 Å². The van der Waals surface area contributed by atoms with Gasteiger partial charge in [0.1, 0.15) is 10.3 Å². The van der Waals surface area contributed by atoms with Crippen LogP contribution in [0.3, 0.4) is 0 Å². The van der Waals surface area contributed by atoms with E-state index in [1.165, 1.54) is 0 Å². The van der Waals surface area contributed by atoms with Crippen LogP contribution in [0.25, 0.3) is 10.3 Å². The van der Waals surface area contributed by atoms with Gasteiger partial charge in [-0.05, 0) is 25.3 Å². The van der Waals surface area contributed by atoms with Crippen molar-refractivity contribution >= 4 is 21.7 Å². The molecule has 0 aliphatic rings. The van der Waals surface area contributed by atoms with Crippen LogP contribution in [-0.2, 0) is 0 Å². The Morgan fingerprint density at radius 2 is 1.69 bits per heavy atom. The molecule has 0 aromatic carbocycles. The van der Waals surface area contributed by atoms with Gasteiger partial charge in [-0.2, -0.15) is 0 Å². The van der Waals surface area contributed by atoms with E-state index in [1.54, 1.807) is 11.3 Å². The van der Waals surface area contributed by atoms with Crippen molar-refractivity contribution in [1.82, 2.24) is 9.97 Å². The molecule has 0 spiro atoms. The largest absolute Gasteiger partial charge is 0.249 e. The zero-order chi connectivity index (χ0) is 9.84. The molecule has 0 aliphatic heterocycles.